The predicted octanol–water partition coefficient (Wildman–Crippen LogP) is 3.17. The number of pyridine rings is 1. The monoisotopic (exact) mass is 265 g/mol. The van der Waals surface area contributed by atoms with Gasteiger partial charge in [-0.15, -0.1) is 0 Å². The first-order valence-electron chi connectivity index (χ1n) is 5.19. The van der Waals surface area contributed by atoms with Crippen molar-refractivity contribution in [1.82, 2.24) is 4.98 Å². The molecule has 0 saturated carbocycles. The van der Waals surface area contributed by atoms with Gasteiger partial charge in [0.15, 0.2) is 0 Å². The second-order valence-corrected chi connectivity index (χ2v) is 4.09. The van der Waals surface area contributed by atoms with Crippen molar-refractivity contribution in [2.45, 2.75) is 6.42 Å². The van der Waals surface area contributed by atoms with Crippen molar-refractivity contribution < 1.29 is 14.3 Å². The molecule has 0 radical (unpaired) electrons. The van der Waals surface area contributed by atoms with E-state index in [1.54, 1.807) is 24.3 Å². The van der Waals surface area contributed by atoms with E-state index < -0.39 is 5.97 Å². The Morgan fingerprint density at radius 3 is 2.50 bits per heavy atom. The van der Waals surface area contributed by atoms with Gasteiger partial charge >= 0.3 is 5.97 Å². The van der Waals surface area contributed by atoms with Crippen molar-refractivity contribution in [3.05, 3.63) is 53.1 Å². The van der Waals surface area contributed by atoms with Gasteiger partial charge in [0.1, 0.15) is 11.0 Å². The number of benzene rings is 1. The summed E-state index contributed by atoms with van der Waals surface area (Å²) in [5.74, 6) is -1.34. The Morgan fingerprint density at radius 1 is 1.22 bits per heavy atom. The molecule has 1 heterocycles. The summed E-state index contributed by atoms with van der Waals surface area (Å²) < 4.78 is 12.8. The number of hydrogen-bond acceptors (Lipinski definition) is 2. The van der Waals surface area contributed by atoms with Crippen molar-refractivity contribution in [2.24, 2.45) is 0 Å². The first kappa shape index (κ1) is 12.5. The Morgan fingerprint density at radius 2 is 1.89 bits per heavy atom. The third-order valence-electron chi connectivity index (χ3n) is 2.41. The zero-order chi connectivity index (χ0) is 13.1. The highest BCUT2D eigenvalue weighted by atomic mass is 35.5. The van der Waals surface area contributed by atoms with Crippen LogP contribution in [0.5, 0.6) is 0 Å². The van der Waals surface area contributed by atoms with Crippen LogP contribution in [0, 0.1) is 5.82 Å². The molecule has 1 aromatic heterocycles. The first-order valence-corrected chi connectivity index (χ1v) is 5.57. The number of aliphatic carboxylic acids is 1. The molecular formula is C13H9ClFNO2. The van der Waals surface area contributed by atoms with Crippen molar-refractivity contribution in [3.8, 4) is 11.1 Å². The average Bonchev–Trinajstić information content (AvgIpc) is 2.30. The van der Waals surface area contributed by atoms with Crippen LogP contribution in [0.1, 0.15) is 5.69 Å². The van der Waals surface area contributed by atoms with Gasteiger partial charge in [-0.05, 0) is 29.8 Å². The van der Waals surface area contributed by atoms with E-state index in [0.717, 1.165) is 0 Å². The molecule has 0 aliphatic heterocycles. The van der Waals surface area contributed by atoms with Gasteiger partial charge in [0.25, 0.3) is 0 Å². The van der Waals surface area contributed by atoms with Crippen molar-refractivity contribution >= 4 is 17.6 Å². The van der Waals surface area contributed by atoms with E-state index in [1.165, 1.54) is 12.1 Å². The summed E-state index contributed by atoms with van der Waals surface area (Å²) in [6, 6.07) is 9.03. The minimum absolute atomic E-state index is 0.229. The third kappa shape index (κ3) is 2.84. The molecular weight excluding hydrogens is 257 g/mol. The van der Waals surface area contributed by atoms with E-state index >= 15 is 0 Å². The fourth-order valence-electron chi connectivity index (χ4n) is 1.64. The van der Waals surface area contributed by atoms with Crippen LogP contribution in [0.4, 0.5) is 4.39 Å². The van der Waals surface area contributed by atoms with Gasteiger partial charge in [-0.1, -0.05) is 23.7 Å². The number of aromatic nitrogens is 1. The highest BCUT2D eigenvalue weighted by molar-refractivity contribution is 6.29. The molecule has 0 amide bonds. The second kappa shape index (κ2) is 5.14. The van der Waals surface area contributed by atoms with Crippen LogP contribution in [0.15, 0.2) is 36.4 Å². The number of nitrogens with zero attached hydrogens (tertiary/aromatic N) is 1. The van der Waals surface area contributed by atoms with Crippen molar-refractivity contribution in [1.29, 1.82) is 0 Å². The van der Waals surface area contributed by atoms with Crippen LogP contribution in [0.3, 0.4) is 0 Å². The molecule has 0 unspecified atom stereocenters. The molecule has 1 N–H and O–H groups in total. The summed E-state index contributed by atoms with van der Waals surface area (Å²) in [4.78, 5) is 14.8. The first-order chi connectivity index (χ1) is 8.56. The minimum atomic E-state index is -0.992. The molecule has 2 rings (SSSR count). The van der Waals surface area contributed by atoms with E-state index in [-0.39, 0.29) is 17.4 Å². The molecule has 5 heteroatoms. The maximum absolute atomic E-state index is 12.8. The van der Waals surface area contributed by atoms with Gasteiger partial charge in [0, 0.05) is 5.56 Å². The largest absolute Gasteiger partial charge is 0.481 e. The summed E-state index contributed by atoms with van der Waals surface area (Å²) in [5.41, 5.74) is 1.71. The number of carboxylic acid groups (broad SMARTS) is 1. The van der Waals surface area contributed by atoms with Gasteiger partial charge in [0.05, 0.1) is 12.1 Å². The number of carbonyl (C=O) groups is 1. The number of hydrogen-bond donors (Lipinski definition) is 1. The van der Waals surface area contributed by atoms with Crippen LogP contribution < -0.4 is 0 Å². The van der Waals surface area contributed by atoms with Gasteiger partial charge in [-0.3, -0.25) is 4.79 Å². The Labute approximate surface area is 108 Å². The van der Waals surface area contributed by atoms with Crippen LogP contribution in [0.2, 0.25) is 5.15 Å². The van der Waals surface area contributed by atoms with Gasteiger partial charge in [0.2, 0.25) is 0 Å². The highest BCUT2D eigenvalue weighted by Crippen LogP contribution is 2.24. The maximum atomic E-state index is 12.8. The minimum Gasteiger partial charge on any atom is -0.481 e. The summed E-state index contributed by atoms with van der Waals surface area (Å²) in [6.45, 7) is 0. The zero-order valence-corrected chi connectivity index (χ0v) is 9.99. The van der Waals surface area contributed by atoms with Gasteiger partial charge in [-0.25, -0.2) is 9.37 Å². The molecule has 18 heavy (non-hydrogen) atoms. The standard InChI is InChI=1S/C13H9ClFNO2/c14-12-6-5-10(11(16-12)7-13(17)18)8-1-3-9(15)4-2-8/h1-6H,7H2,(H,17,18). The summed E-state index contributed by atoms with van der Waals surface area (Å²) in [5, 5.41) is 9.06. The van der Waals surface area contributed by atoms with E-state index in [1.807, 2.05) is 0 Å². The lowest BCUT2D eigenvalue weighted by atomic mass is 10.0. The smallest absolute Gasteiger partial charge is 0.309 e. The lowest BCUT2D eigenvalue weighted by molar-refractivity contribution is -0.136. The molecule has 0 spiro atoms. The fraction of sp³-hybridized carbons (Fsp3) is 0.0769. The van der Waals surface area contributed by atoms with Gasteiger partial charge in [-0.2, -0.15) is 0 Å². The van der Waals surface area contributed by atoms with Crippen LogP contribution in [0.25, 0.3) is 11.1 Å². The molecule has 92 valence electrons. The van der Waals surface area contributed by atoms with Crippen LogP contribution >= 0.6 is 11.6 Å². The SMILES string of the molecule is O=C(O)Cc1nc(Cl)ccc1-c1ccc(F)cc1. The normalized spacial score (nSPS) is 10.3. The van der Waals surface area contributed by atoms with Gasteiger partial charge < -0.3 is 5.11 Å². The molecule has 0 aliphatic rings. The topological polar surface area (TPSA) is 50.2 Å². The Kier molecular flexibility index (Phi) is 3.58. The highest BCUT2D eigenvalue weighted by Gasteiger charge is 2.11. The lowest BCUT2D eigenvalue weighted by Gasteiger charge is -2.07. The molecule has 3 nitrogen and oxygen atoms in total. The van der Waals surface area contributed by atoms with Crippen LogP contribution in [-0.4, -0.2) is 16.1 Å². The maximum Gasteiger partial charge on any atom is 0.309 e. The number of rotatable bonds is 3. The summed E-state index contributed by atoms with van der Waals surface area (Å²) in [7, 11) is 0. The third-order valence-corrected chi connectivity index (χ3v) is 2.62. The number of carboxylic acids is 1. The van der Waals surface area contributed by atoms with E-state index in [2.05, 4.69) is 4.98 Å². The molecule has 0 fully saturated rings. The molecule has 0 aliphatic carbocycles. The lowest BCUT2D eigenvalue weighted by Crippen LogP contribution is -2.04. The molecule has 0 atom stereocenters. The molecule has 2 aromatic rings. The Bertz CT molecular complexity index is 584. The quantitative estimate of drug-likeness (QED) is 0.867. The predicted molar refractivity (Wildman–Crippen MR) is 66.0 cm³/mol. The Hall–Kier alpha value is -1.94. The van der Waals surface area contributed by atoms with Crippen LogP contribution in [-0.2, 0) is 11.2 Å². The Balaban J connectivity index is 2.49. The average molecular weight is 266 g/mol. The van der Waals surface area contributed by atoms with Crippen molar-refractivity contribution in [2.75, 3.05) is 0 Å². The van der Waals surface area contributed by atoms with E-state index in [0.29, 0.717) is 16.8 Å². The number of halogens is 2. The van der Waals surface area contributed by atoms with Crippen molar-refractivity contribution in [3.63, 3.8) is 0 Å². The zero-order valence-electron chi connectivity index (χ0n) is 9.23. The molecule has 0 saturated heterocycles. The second-order valence-electron chi connectivity index (χ2n) is 3.71. The molecule has 1 aromatic carbocycles. The molecule has 0 bridgehead atoms. The summed E-state index contributed by atoms with van der Waals surface area (Å²) in [6.07, 6.45) is -0.229. The van der Waals surface area contributed by atoms with E-state index in [9.17, 15) is 9.18 Å². The van der Waals surface area contributed by atoms with E-state index in [4.69, 9.17) is 16.7 Å². The fourth-order valence-corrected chi connectivity index (χ4v) is 1.81. The summed E-state index contributed by atoms with van der Waals surface area (Å²) >= 11 is 5.75.